The molecular formula is C37H36F3N3O3S+2. The molecular weight excluding hydrogens is 623 g/mol. The third-order valence-electron chi connectivity index (χ3n) is 9.16. The first-order chi connectivity index (χ1) is 22.2. The Labute approximate surface area is 272 Å². The second-order valence-corrected chi connectivity index (χ2v) is 13.6. The SMILES string of the molecule is Cc1c(C)c2c(c3c1CC[n+]1ccc(/C=C/c4ccc(N(C)C)cc4)cc1-3)-c1cc3ccccc3c[n+]1CC2.O=S(=O)(O)C(F)(F)F. The predicted octanol–water partition coefficient (Wildman–Crippen LogP) is 7.11. The van der Waals surface area contributed by atoms with Crippen LogP contribution >= 0.6 is 0 Å². The van der Waals surface area contributed by atoms with E-state index in [1.165, 1.54) is 72.4 Å². The van der Waals surface area contributed by atoms with E-state index < -0.39 is 15.6 Å². The number of fused-ring (bicyclic) bond motifs is 8. The first-order valence-electron chi connectivity index (χ1n) is 15.3. The van der Waals surface area contributed by atoms with E-state index in [0.717, 1.165) is 25.9 Å². The first kappa shape index (κ1) is 32.4. The molecule has 0 aliphatic carbocycles. The van der Waals surface area contributed by atoms with Crippen LogP contribution in [0.1, 0.15) is 33.4 Å². The number of rotatable bonds is 3. The van der Waals surface area contributed by atoms with Gasteiger partial charge in [-0.3, -0.25) is 4.55 Å². The molecule has 0 unspecified atom stereocenters. The van der Waals surface area contributed by atoms with E-state index in [1.54, 1.807) is 0 Å². The van der Waals surface area contributed by atoms with Crippen molar-refractivity contribution >= 4 is 38.7 Å². The molecule has 0 spiro atoms. The summed E-state index contributed by atoms with van der Waals surface area (Å²) in [6, 6.07) is 24.6. The van der Waals surface area contributed by atoms with E-state index >= 15 is 0 Å². The summed E-state index contributed by atoms with van der Waals surface area (Å²) in [6.07, 6.45) is 11.3. The molecule has 0 saturated carbocycles. The van der Waals surface area contributed by atoms with Crippen LogP contribution in [0.15, 0.2) is 79.1 Å². The maximum absolute atomic E-state index is 10.7. The normalized spacial score (nSPS) is 13.7. The molecule has 0 radical (unpaired) electrons. The van der Waals surface area contributed by atoms with Crippen molar-refractivity contribution in [2.75, 3.05) is 19.0 Å². The standard InChI is InChI=1S/C36H35N3.CHF3O3S/c1-24-25(2)32-17-20-39-23-29-8-6-5-7-28(29)22-34(39)36(32)35-31(24)16-19-38-18-15-27(21-33(35)38)10-9-26-11-13-30(14-12-26)37(3)4;2-1(3,4)8(5,6)7/h5-15,18,21-23H,16-17,19-20H2,1-4H3;(H,5,6,7)/q+2;. The van der Waals surface area contributed by atoms with E-state index in [2.05, 4.69) is 133 Å². The Bertz CT molecular complexity index is 2160. The maximum atomic E-state index is 10.7. The highest BCUT2D eigenvalue weighted by atomic mass is 32.2. The van der Waals surface area contributed by atoms with Gasteiger partial charge < -0.3 is 4.90 Å². The highest BCUT2D eigenvalue weighted by Crippen LogP contribution is 2.43. The number of halogens is 3. The number of pyridine rings is 2. The molecule has 3 aromatic carbocycles. The molecule has 2 aliphatic rings. The molecule has 0 bridgehead atoms. The molecule has 6 nitrogen and oxygen atoms in total. The van der Waals surface area contributed by atoms with E-state index in [4.69, 9.17) is 13.0 Å². The molecule has 2 aliphatic heterocycles. The summed E-state index contributed by atoms with van der Waals surface area (Å²) in [5.74, 6) is 0. The van der Waals surface area contributed by atoms with Gasteiger partial charge in [0.25, 0.3) is 0 Å². The van der Waals surface area contributed by atoms with Crippen molar-refractivity contribution in [3.8, 4) is 22.5 Å². The number of aromatic nitrogens is 2. The summed E-state index contributed by atoms with van der Waals surface area (Å²) >= 11 is 0. The van der Waals surface area contributed by atoms with Crippen LogP contribution in [-0.2, 0) is 36.0 Å². The monoisotopic (exact) mass is 659 g/mol. The minimum atomic E-state index is -5.84. The number of alkyl halides is 3. The van der Waals surface area contributed by atoms with Gasteiger partial charge in [0, 0.05) is 56.2 Å². The lowest BCUT2D eigenvalue weighted by Crippen LogP contribution is -2.43. The zero-order valence-electron chi connectivity index (χ0n) is 26.6. The molecule has 0 saturated heterocycles. The Morgan fingerprint density at radius 3 is 1.87 bits per heavy atom. The smallest absolute Gasteiger partial charge is 0.378 e. The van der Waals surface area contributed by atoms with Crippen molar-refractivity contribution in [2.45, 2.75) is 45.3 Å². The van der Waals surface area contributed by atoms with Crippen molar-refractivity contribution in [1.29, 1.82) is 0 Å². The third kappa shape index (κ3) is 6.27. The average molecular weight is 660 g/mol. The third-order valence-corrected chi connectivity index (χ3v) is 9.75. The Balaban J connectivity index is 0.000000431. The summed E-state index contributed by atoms with van der Waals surface area (Å²) in [5.41, 5.74) is 9.71. The molecule has 2 aromatic heterocycles. The Morgan fingerprint density at radius 2 is 1.30 bits per heavy atom. The summed E-state index contributed by atoms with van der Waals surface area (Å²) in [6.45, 7) is 6.74. The fourth-order valence-electron chi connectivity index (χ4n) is 6.55. The molecule has 1 N–H and O–H groups in total. The van der Waals surface area contributed by atoms with Gasteiger partial charge in [0.2, 0.25) is 11.4 Å². The highest BCUT2D eigenvalue weighted by molar-refractivity contribution is 7.86. The van der Waals surface area contributed by atoms with Crippen molar-refractivity contribution in [3.05, 3.63) is 113 Å². The van der Waals surface area contributed by atoms with Crippen LogP contribution in [0.5, 0.6) is 0 Å². The number of hydrogen-bond acceptors (Lipinski definition) is 3. The Morgan fingerprint density at radius 1 is 0.766 bits per heavy atom. The van der Waals surface area contributed by atoms with Crippen LogP contribution in [0.2, 0.25) is 0 Å². The number of benzene rings is 3. The van der Waals surface area contributed by atoms with Crippen molar-refractivity contribution in [2.24, 2.45) is 0 Å². The lowest BCUT2D eigenvalue weighted by Gasteiger charge is -2.27. The van der Waals surface area contributed by atoms with Crippen LogP contribution in [0.25, 0.3) is 45.4 Å². The molecule has 10 heteroatoms. The zero-order valence-corrected chi connectivity index (χ0v) is 27.5. The molecule has 4 heterocycles. The number of nitrogens with zero attached hydrogens (tertiary/aromatic N) is 3. The van der Waals surface area contributed by atoms with Gasteiger partial charge in [-0.25, -0.2) is 0 Å². The van der Waals surface area contributed by atoms with Crippen LogP contribution in [0, 0.1) is 13.8 Å². The first-order valence-corrected chi connectivity index (χ1v) is 16.8. The van der Waals surface area contributed by atoms with Gasteiger partial charge in [-0.1, -0.05) is 42.5 Å². The molecule has 0 amide bonds. The second kappa shape index (κ2) is 12.2. The van der Waals surface area contributed by atoms with Gasteiger partial charge >= 0.3 is 15.6 Å². The van der Waals surface area contributed by atoms with E-state index in [-0.39, 0.29) is 0 Å². The molecule has 5 aromatic rings. The minimum Gasteiger partial charge on any atom is -0.378 e. The molecule has 0 atom stereocenters. The molecule has 7 rings (SSSR count). The number of aryl methyl sites for hydroxylation is 2. The zero-order chi connectivity index (χ0) is 33.7. The Kier molecular flexibility index (Phi) is 8.44. The topological polar surface area (TPSA) is 65.4 Å². The van der Waals surface area contributed by atoms with Crippen molar-refractivity contribution in [3.63, 3.8) is 0 Å². The van der Waals surface area contributed by atoms with Crippen molar-refractivity contribution < 1.29 is 35.3 Å². The molecule has 242 valence electrons. The van der Waals surface area contributed by atoms with Gasteiger partial charge in [0.1, 0.15) is 0 Å². The quantitative estimate of drug-likeness (QED) is 0.127. The number of anilines is 1. The molecule has 47 heavy (non-hydrogen) atoms. The largest absolute Gasteiger partial charge is 0.522 e. The van der Waals surface area contributed by atoms with Crippen LogP contribution in [0.3, 0.4) is 0 Å². The van der Waals surface area contributed by atoms with E-state index in [0.29, 0.717) is 0 Å². The van der Waals surface area contributed by atoms with Crippen molar-refractivity contribution in [1.82, 2.24) is 0 Å². The van der Waals surface area contributed by atoms with Gasteiger partial charge in [0.15, 0.2) is 25.5 Å². The summed E-state index contributed by atoms with van der Waals surface area (Å²) in [5, 5.41) is 2.62. The number of hydrogen-bond donors (Lipinski definition) is 1. The average Bonchev–Trinajstić information content (AvgIpc) is 3.04. The lowest BCUT2D eigenvalue weighted by molar-refractivity contribution is -0.689. The van der Waals surface area contributed by atoms with Gasteiger partial charge in [-0.05, 0) is 70.8 Å². The van der Waals surface area contributed by atoms with Crippen LogP contribution in [-0.4, -0.2) is 32.6 Å². The summed E-state index contributed by atoms with van der Waals surface area (Å²) in [4.78, 5) is 2.13. The Hall–Kier alpha value is -4.54. The van der Waals surface area contributed by atoms with Gasteiger partial charge in [-0.2, -0.15) is 30.7 Å². The van der Waals surface area contributed by atoms with Gasteiger partial charge in [-0.15, -0.1) is 0 Å². The fourth-order valence-corrected chi connectivity index (χ4v) is 6.55. The van der Waals surface area contributed by atoms with E-state index in [1.807, 2.05) is 0 Å². The molecule has 0 fully saturated rings. The van der Waals surface area contributed by atoms with Crippen LogP contribution in [0.4, 0.5) is 18.9 Å². The highest BCUT2D eigenvalue weighted by Gasteiger charge is 2.44. The van der Waals surface area contributed by atoms with Gasteiger partial charge in [0.05, 0.1) is 11.1 Å². The summed E-state index contributed by atoms with van der Waals surface area (Å²) < 4.78 is 62.5. The fraction of sp³-hybridized carbons (Fsp3) is 0.243. The lowest BCUT2D eigenvalue weighted by atomic mass is 9.79. The second-order valence-electron chi connectivity index (χ2n) is 12.2. The van der Waals surface area contributed by atoms with E-state index in [9.17, 15) is 13.2 Å². The summed E-state index contributed by atoms with van der Waals surface area (Å²) in [7, 11) is -1.68. The maximum Gasteiger partial charge on any atom is 0.522 e. The van der Waals surface area contributed by atoms with Crippen LogP contribution < -0.4 is 14.0 Å². The minimum absolute atomic E-state index is 1.02. The predicted molar refractivity (Wildman–Crippen MR) is 179 cm³/mol.